The van der Waals surface area contributed by atoms with Gasteiger partial charge in [-0.2, -0.15) is 0 Å². The molecule has 0 saturated carbocycles. The number of nitrogen functional groups attached to an aromatic ring is 1. The van der Waals surface area contributed by atoms with Gasteiger partial charge in [0.15, 0.2) is 0 Å². The summed E-state index contributed by atoms with van der Waals surface area (Å²) < 4.78 is 0. The van der Waals surface area contributed by atoms with Crippen molar-refractivity contribution >= 4 is 23.0 Å². The lowest BCUT2D eigenvalue weighted by Gasteiger charge is -2.19. The summed E-state index contributed by atoms with van der Waals surface area (Å²) in [7, 11) is 1.60. The van der Waals surface area contributed by atoms with E-state index in [4.69, 9.17) is 17.3 Å². The minimum absolute atomic E-state index is 0.0697. The van der Waals surface area contributed by atoms with Crippen LogP contribution < -0.4 is 11.1 Å². The van der Waals surface area contributed by atoms with Crippen LogP contribution in [0.4, 0.5) is 11.4 Å². The van der Waals surface area contributed by atoms with E-state index >= 15 is 0 Å². The van der Waals surface area contributed by atoms with Crippen LogP contribution in [0.5, 0.6) is 0 Å². The first-order valence-electron chi connectivity index (χ1n) is 5.12. The van der Waals surface area contributed by atoms with Gasteiger partial charge in [0.1, 0.15) is 11.8 Å². The molecule has 7 nitrogen and oxygen atoms in total. The number of aliphatic hydroxyl groups is 2. The molecule has 100 valence electrons. The smallest absolute Gasteiger partial charge is 0.292 e. The van der Waals surface area contributed by atoms with Gasteiger partial charge in [0.25, 0.3) is 5.69 Å². The van der Waals surface area contributed by atoms with E-state index in [1.807, 2.05) is 0 Å². The summed E-state index contributed by atoms with van der Waals surface area (Å²) in [6, 6.07) is 2.26. The number of nitrogens with one attached hydrogen (secondary N) is 1. The Labute approximate surface area is 108 Å². The number of hydrogen-bond acceptors (Lipinski definition) is 6. The Morgan fingerprint density at radius 3 is 2.67 bits per heavy atom. The van der Waals surface area contributed by atoms with Crippen molar-refractivity contribution < 1.29 is 15.1 Å². The molecule has 0 heterocycles. The molecule has 1 rings (SSSR count). The quantitative estimate of drug-likeness (QED) is 0.351. The highest BCUT2D eigenvalue weighted by molar-refractivity contribution is 6.31. The molecule has 0 saturated heterocycles. The highest BCUT2D eigenvalue weighted by atomic mass is 35.5. The van der Waals surface area contributed by atoms with E-state index in [0.717, 1.165) is 6.07 Å². The van der Waals surface area contributed by atoms with Crippen molar-refractivity contribution in [3.8, 4) is 0 Å². The first-order valence-corrected chi connectivity index (χ1v) is 5.50. The van der Waals surface area contributed by atoms with Crippen LogP contribution in [-0.4, -0.2) is 34.8 Å². The van der Waals surface area contributed by atoms with Gasteiger partial charge in [-0.3, -0.25) is 10.1 Å². The lowest BCUT2D eigenvalue weighted by molar-refractivity contribution is -0.384. The SMILES string of the molecule is CNCC(O)C(O)c1cc([N+](=O)[O-])c(N)cc1Cl. The molecule has 8 heteroatoms. The highest BCUT2D eigenvalue weighted by Gasteiger charge is 2.24. The summed E-state index contributed by atoms with van der Waals surface area (Å²) in [4.78, 5) is 10.1. The number of benzene rings is 1. The number of nitrogens with zero attached hydrogens (tertiary/aromatic N) is 1. The zero-order valence-electron chi connectivity index (χ0n) is 9.63. The third kappa shape index (κ3) is 3.08. The standard InChI is InChI=1S/C10H14ClN3O4/c1-13-4-9(15)10(16)5-2-8(14(17)18)7(12)3-6(5)11/h2-3,9-10,13,15-16H,4,12H2,1H3. The van der Waals surface area contributed by atoms with Gasteiger partial charge in [0.05, 0.1) is 11.0 Å². The number of anilines is 1. The molecule has 5 N–H and O–H groups in total. The lowest BCUT2D eigenvalue weighted by Crippen LogP contribution is -2.29. The van der Waals surface area contributed by atoms with Crippen molar-refractivity contribution in [3.63, 3.8) is 0 Å². The summed E-state index contributed by atoms with van der Waals surface area (Å²) in [6.07, 6.45) is -2.46. The highest BCUT2D eigenvalue weighted by Crippen LogP contribution is 2.33. The fourth-order valence-corrected chi connectivity index (χ4v) is 1.79. The van der Waals surface area contributed by atoms with Crippen molar-refractivity contribution in [2.45, 2.75) is 12.2 Å². The number of halogens is 1. The van der Waals surface area contributed by atoms with Gasteiger partial charge >= 0.3 is 0 Å². The average Bonchev–Trinajstić information content (AvgIpc) is 2.28. The number of nitro groups is 1. The molecule has 0 aliphatic carbocycles. The molecule has 0 fully saturated rings. The van der Waals surface area contributed by atoms with E-state index in [0.29, 0.717) is 0 Å². The van der Waals surface area contributed by atoms with Gasteiger partial charge < -0.3 is 21.3 Å². The van der Waals surface area contributed by atoms with Crippen LogP contribution in [0.25, 0.3) is 0 Å². The summed E-state index contributed by atoms with van der Waals surface area (Å²) in [5, 5.41) is 33.0. The minimum Gasteiger partial charge on any atom is -0.393 e. The fourth-order valence-electron chi connectivity index (χ4n) is 1.51. The van der Waals surface area contributed by atoms with Gasteiger partial charge in [0.2, 0.25) is 0 Å². The summed E-state index contributed by atoms with van der Waals surface area (Å²) >= 11 is 5.85. The molecule has 18 heavy (non-hydrogen) atoms. The Morgan fingerprint density at radius 1 is 1.56 bits per heavy atom. The number of aliphatic hydroxyl groups excluding tert-OH is 2. The molecule has 0 spiro atoms. The summed E-state index contributed by atoms with van der Waals surface area (Å²) in [5.41, 5.74) is 5.06. The third-order valence-electron chi connectivity index (χ3n) is 2.44. The van der Waals surface area contributed by atoms with Crippen LogP contribution >= 0.6 is 11.6 Å². The van der Waals surface area contributed by atoms with Gasteiger partial charge in [-0.1, -0.05) is 11.6 Å². The zero-order valence-corrected chi connectivity index (χ0v) is 10.4. The fraction of sp³-hybridized carbons (Fsp3) is 0.400. The van der Waals surface area contributed by atoms with Crippen LogP contribution in [0.3, 0.4) is 0 Å². The van der Waals surface area contributed by atoms with Crippen molar-refractivity contribution in [1.29, 1.82) is 0 Å². The second kappa shape index (κ2) is 5.96. The monoisotopic (exact) mass is 275 g/mol. The van der Waals surface area contributed by atoms with Gasteiger partial charge in [-0.05, 0) is 13.1 Å². The molecular weight excluding hydrogens is 262 g/mol. The number of nitro benzene ring substituents is 1. The second-order valence-corrected chi connectivity index (χ2v) is 4.17. The Hall–Kier alpha value is -1.41. The summed E-state index contributed by atoms with van der Waals surface area (Å²) in [5.74, 6) is 0. The van der Waals surface area contributed by atoms with E-state index in [1.54, 1.807) is 7.05 Å². The molecule has 0 aromatic heterocycles. The first kappa shape index (κ1) is 14.7. The number of nitrogens with two attached hydrogens (primary N) is 1. The Morgan fingerprint density at radius 2 is 2.17 bits per heavy atom. The van der Waals surface area contributed by atoms with Crippen molar-refractivity contribution in [3.05, 3.63) is 32.8 Å². The molecule has 2 unspecified atom stereocenters. The predicted octanol–water partition coefficient (Wildman–Crippen LogP) is 0.444. The lowest BCUT2D eigenvalue weighted by atomic mass is 10.0. The normalized spacial score (nSPS) is 14.2. The van der Waals surface area contributed by atoms with Crippen LogP contribution in [0.1, 0.15) is 11.7 Å². The van der Waals surface area contributed by atoms with Crippen molar-refractivity contribution in [2.24, 2.45) is 0 Å². The topological polar surface area (TPSA) is 122 Å². The molecule has 0 aliphatic rings. The third-order valence-corrected chi connectivity index (χ3v) is 2.77. The Bertz CT molecular complexity index is 455. The molecular formula is C10H14ClN3O4. The Kier molecular flexibility index (Phi) is 4.85. The molecule has 0 amide bonds. The van der Waals surface area contributed by atoms with Gasteiger partial charge in [0, 0.05) is 23.2 Å². The molecule has 0 bridgehead atoms. The maximum absolute atomic E-state index is 10.7. The zero-order chi connectivity index (χ0) is 13.9. The van der Waals surface area contributed by atoms with Gasteiger partial charge in [-0.25, -0.2) is 0 Å². The Balaban J connectivity index is 3.15. The van der Waals surface area contributed by atoms with Crippen molar-refractivity contribution in [1.82, 2.24) is 5.32 Å². The maximum atomic E-state index is 10.7. The van der Waals surface area contributed by atoms with E-state index in [-0.39, 0.29) is 28.5 Å². The van der Waals surface area contributed by atoms with Crippen LogP contribution in [0.15, 0.2) is 12.1 Å². The second-order valence-electron chi connectivity index (χ2n) is 3.76. The summed E-state index contributed by atoms with van der Waals surface area (Å²) in [6.45, 7) is 0.121. The number of likely N-dealkylation sites (N-methyl/N-ethyl adjacent to an activating group) is 1. The van der Waals surface area contributed by atoms with E-state index < -0.39 is 17.1 Å². The van der Waals surface area contributed by atoms with Crippen molar-refractivity contribution in [2.75, 3.05) is 19.3 Å². The predicted molar refractivity (Wildman–Crippen MR) is 67.4 cm³/mol. The number of rotatable bonds is 5. The number of hydrogen-bond donors (Lipinski definition) is 4. The molecule has 2 atom stereocenters. The molecule has 0 radical (unpaired) electrons. The maximum Gasteiger partial charge on any atom is 0.292 e. The van der Waals surface area contributed by atoms with E-state index in [1.165, 1.54) is 6.07 Å². The van der Waals surface area contributed by atoms with Crippen LogP contribution in [0.2, 0.25) is 5.02 Å². The molecule has 1 aromatic carbocycles. The minimum atomic E-state index is -1.33. The largest absolute Gasteiger partial charge is 0.393 e. The van der Waals surface area contributed by atoms with Crippen LogP contribution in [0, 0.1) is 10.1 Å². The van der Waals surface area contributed by atoms with Gasteiger partial charge in [-0.15, -0.1) is 0 Å². The first-order chi connectivity index (χ1) is 8.38. The molecule has 1 aromatic rings. The van der Waals surface area contributed by atoms with E-state index in [9.17, 15) is 20.3 Å². The van der Waals surface area contributed by atoms with Crippen LogP contribution in [-0.2, 0) is 0 Å². The van der Waals surface area contributed by atoms with E-state index in [2.05, 4.69) is 5.32 Å². The molecule has 0 aliphatic heterocycles. The average molecular weight is 276 g/mol.